The minimum Gasteiger partial charge on any atom is -0.468 e. The third-order valence-corrected chi connectivity index (χ3v) is 1.38. The van der Waals surface area contributed by atoms with Crippen LogP contribution in [0.1, 0.15) is 26.7 Å². The van der Waals surface area contributed by atoms with Crippen LogP contribution in [-0.2, 0) is 9.53 Å². The van der Waals surface area contributed by atoms with Gasteiger partial charge in [-0.25, -0.2) is 0 Å². The molecule has 0 bridgehead atoms. The first kappa shape index (κ1) is 10.0. The van der Waals surface area contributed by atoms with Crippen molar-refractivity contribution in [3.63, 3.8) is 0 Å². The summed E-state index contributed by atoms with van der Waals surface area (Å²) in [5.74, 6) is 5.08. The molecule has 0 saturated carbocycles. The van der Waals surface area contributed by atoms with E-state index in [1.165, 1.54) is 7.11 Å². The van der Waals surface area contributed by atoms with Crippen molar-refractivity contribution >= 4 is 5.97 Å². The minimum absolute atomic E-state index is 0.221. The number of ether oxygens (including phenoxy) is 1. The maximum Gasteiger partial charge on any atom is 0.320 e. The second-order valence-electron chi connectivity index (χ2n) is 2.26. The fourth-order valence-electron chi connectivity index (χ4n) is 0.854. The lowest BCUT2D eigenvalue weighted by Gasteiger charge is -2.05. The van der Waals surface area contributed by atoms with Gasteiger partial charge in [-0.2, -0.15) is 0 Å². The minimum atomic E-state index is -0.227. The third kappa shape index (κ3) is 3.67. The van der Waals surface area contributed by atoms with Crippen molar-refractivity contribution in [1.82, 2.24) is 0 Å². The van der Waals surface area contributed by atoms with E-state index in [2.05, 4.69) is 16.6 Å². The quantitative estimate of drug-likeness (QED) is 0.456. The molecule has 2 nitrogen and oxygen atoms in total. The standard InChI is InChI=1S/C9H14O2/c1-4-6-8(7-5-2)9(10)11-3/h8H,4,6H2,1-3H3. The number of methoxy groups -OCH3 is 1. The lowest BCUT2D eigenvalue weighted by Crippen LogP contribution is -2.13. The maximum atomic E-state index is 11.0. The molecule has 0 fully saturated rings. The Kier molecular flexibility index (Phi) is 5.28. The summed E-state index contributed by atoms with van der Waals surface area (Å²) in [6.07, 6.45) is 1.74. The second-order valence-corrected chi connectivity index (χ2v) is 2.26. The highest BCUT2D eigenvalue weighted by Crippen LogP contribution is 2.06. The molecule has 0 aliphatic heterocycles. The van der Waals surface area contributed by atoms with Gasteiger partial charge in [0.05, 0.1) is 7.11 Å². The molecule has 0 spiro atoms. The number of rotatable bonds is 3. The van der Waals surface area contributed by atoms with Gasteiger partial charge >= 0.3 is 5.97 Å². The van der Waals surface area contributed by atoms with Crippen molar-refractivity contribution in [2.75, 3.05) is 7.11 Å². The molecule has 0 amide bonds. The zero-order chi connectivity index (χ0) is 8.69. The molecular weight excluding hydrogens is 140 g/mol. The van der Waals surface area contributed by atoms with Gasteiger partial charge in [0.15, 0.2) is 0 Å². The summed E-state index contributed by atoms with van der Waals surface area (Å²) in [6.45, 7) is 3.75. The molecule has 0 aromatic carbocycles. The smallest absolute Gasteiger partial charge is 0.320 e. The van der Waals surface area contributed by atoms with Crippen molar-refractivity contribution in [3.8, 4) is 11.8 Å². The van der Waals surface area contributed by atoms with Gasteiger partial charge in [0.1, 0.15) is 5.92 Å². The zero-order valence-corrected chi connectivity index (χ0v) is 7.31. The Morgan fingerprint density at radius 2 is 2.27 bits per heavy atom. The second kappa shape index (κ2) is 5.79. The number of esters is 1. The molecule has 0 N–H and O–H groups in total. The van der Waals surface area contributed by atoms with Crippen LogP contribution < -0.4 is 0 Å². The van der Waals surface area contributed by atoms with E-state index in [1.807, 2.05) is 6.92 Å². The number of hydrogen-bond acceptors (Lipinski definition) is 2. The largest absolute Gasteiger partial charge is 0.468 e. The third-order valence-electron chi connectivity index (χ3n) is 1.38. The summed E-state index contributed by atoms with van der Waals surface area (Å²) in [5, 5.41) is 0. The van der Waals surface area contributed by atoms with Gasteiger partial charge in [-0.1, -0.05) is 19.3 Å². The maximum absolute atomic E-state index is 11.0. The van der Waals surface area contributed by atoms with E-state index >= 15 is 0 Å². The molecule has 11 heavy (non-hydrogen) atoms. The Morgan fingerprint density at radius 3 is 2.64 bits per heavy atom. The van der Waals surface area contributed by atoms with E-state index < -0.39 is 0 Å². The van der Waals surface area contributed by atoms with Crippen molar-refractivity contribution in [1.29, 1.82) is 0 Å². The Morgan fingerprint density at radius 1 is 1.64 bits per heavy atom. The Bertz CT molecular complexity index is 174. The van der Waals surface area contributed by atoms with Gasteiger partial charge in [-0.15, -0.1) is 5.92 Å². The van der Waals surface area contributed by atoms with Gasteiger partial charge in [0, 0.05) is 0 Å². The van der Waals surface area contributed by atoms with Gasteiger partial charge < -0.3 is 4.74 Å². The topological polar surface area (TPSA) is 26.3 Å². The molecule has 0 aromatic rings. The number of carbonyl (C=O) groups excluding carboxylic acids is 1. The fraction of sp³-hybridized carbons (Fsp3) is 0.667. The molecule has 0 heterocycles. The van der Waals surface area contributed by atoms with E-state index in [-0.39, 0.29) is 11.9 Å². The molecule has 0 aliphatic rings. The van der Waals surface area contributed by atoms with Crippen LogP contribution in [0.4, 0.5) is 0 Å². The first-order chi connectivity index (χ1) is 5.26. The molecule has 0 radical (unpaired) electrons. The van der Waals surface area contributed by atoms with Crippen LogP contribution in [0, 0.1) is 17.8 Å². The normalized spacial score (nSPS) is 11.2. The summed E-state index contributed by atoms with van der Waals surface area (Å²) in [5.41, 5.74) is 0. The molecule has 0 saturated heterocycles. The molecule has 0 aliphatic carbocycles. The lowest BCUT2D eigenvalue weighted by atomic mass is 10.1. The summed E-state index contributed by atoms with van der Waals surface area (Å²) in [4.78, 5) is 11.0. The lowest BCUT2D eigenvalue weighted by molar-refractivity contribution is -0.143. The average molecular weight is 154 g/mol. The van der Waals surface area contributed by atoms with Crippen molar-refractivity contribution in [2.45, 2.75) is 26.7 Å². The summed E-state index contributed by atoms with van der Waals surface area (Å²) in [7, 11) is 1.39. The van der Waals surface area contributed by atoms with E-state index in [0.717, 1.165) is 12.8 Å². The van der Waals surface area contributed by atoms with Gasteiger partial charge in [-0.05, 0) is 13.3 Å². The number of carbonyl (C=O) groups is 1. The molecule has 0 rings (SSSR count). The highest BCUT2D eigenvalue weighted by molar-refractivity contribution is 5.75. The van der Waals surface area contributed by atoms with Gasteiger partial charge in [-0.3, -0.25) is 4.79 Å². The Labute approximate surface area is 67.9 Å². The van der Waals surface area contributed by atoms with Gasteiger partial charge in [0.2, 0.25) is 0 Å². The Hall–Kier alpha value is -0.970. The molecular formula is C9H14O2. The Balaban J connectivity index is 4.05. The monoisotopic (exact) mass is 154 g/mol. The van der Waals surface area contributed by atoms with Crippen LogP contribution >= 0.6 is 0 Å². The fourth-order valence-corrected chi connectivity index (χ4v) is 0.854. The van der Waals surface area contributed by atoms with Crippen LogP contribution in [0.25, 0.3) is 0 Å². The summed E-state index contributed by atoms with van der Waals surface area (Å²) >= 11 is 0. The zero-order valence-electron chi connectivity index (χ0n) is 7.31. The van der Waals surface area contributed by atoms with E-state index in [4.69, 9.17) is 0 Å². The molecule has 0 aromatic heterocycles. The van der Waals surface area contributed by atoms with Crippen LogP contribution in [0.3, 0.4) is 0 Å². The molecule has 62 valence electrons. The van der Waals surface area contributed by atoms with E-state index in [9.17, 15) is 4.79 Å². The van der Waals surface area contributed by atoms with E-state index in [1.54, 1.807) is 6.92 Å². The summed E-state index contributed by atoms with van der Waals surface area (Å²) in [6, 6.07) is 0. The van der Waals surface area contributed by atoms with Crippen molar-refractivity contribution in [2.24, 2.45) is 5.92 Å². The van der Waals surface area contributed by atoms with Crippen LogP contribution in [0.2, 0.25) is 0 Å². The van der Waals surface area contributed by atoms with Crippen molar-refractivity contribution < 1.29 is 9.53 Å². The van der Waals surface area contributed by atoms with E-state index in [0.29, 0.717) is 0 Å². The van der Waals surface area contributed by atoms with Crippen LogP contribution in [0.5, 0.6) is 0 Å². The first-order valence-corrected chi connectivity index (χ1v) is 3.76. The van der Waals surface area contributed by atoms with Crippen molar-refractivity contribution in [3.05, 3.63) is 0 Å². The predicted octanol–water partition coefficient (Wildman–Crippen LogP) is 1.60. The first-order valence-electron chi connectivity index (χ1n) is 3.76. The predicted molar refractivity (Wildman–Crippen MR) is 43.9 cm³/mol. The molecule has 2 heteroatoms. The van der Waals surface area contributed by atoms with Crippen LogP contribution in [0.15, 0.2) is 0 Å². The highest BCUT2D eigenvalue weighted by Gasteiger charge is 2.13. The van der Waals surface area contributed by atoms with Crippen LogP contribution in [-0.4, -0.2) is 13.1 Å². The summed E-state index contributed by atoms with van der Waals surface area (Å²) < 4.78 is 4.58. The SMILES string of the molecule is CC#CC(CCC)C(=O)OC. The number of hydrogen-bond donors (Lipinski definition) is 0. The van der Waals surface area contributed by atoms with Gasteiger partial charge in [0.25, 0.3) is 0 Å². The molecule has 1 atom stereocenters. The highest BCUT2D eigenvalue weighted by atomic mass is 16.5. The molecule has 1 unspecified atom stereocenters. The average Bonchev–Trinajstić information content (AvgIpc) is 2.03.